The van der Waals surface area contributed by atoms with Gasteiger partial charge in [-0.05, 0) is 20.1 Å². The molecule has 0 aromatic carbocycles. The van der Waals surface area contributed by atoms with E-state index in [0.29, 0.717) is 0 Å². The van der Waals surface area contributed by atoms with Crippen molar-refractivity contribution in [2.24, 2.45) is 0 Å². The minimum atomic E-state index is -0.796. The largest absolute Gasteiger partial charge is 0.481 e. The van der Waals surface area contributed by atoms with Crippen molar-refractivity contribution in [1.29, 1.82) is 0 Å². The van der Waals surface area contributed by atoms with Crippen molar-refractivity contribution < 1.29 is 9.90 Å². The van der Waals surface area contributed by atoms with Crippen LogP contribution in [0.1, 0.15) is 20.3 Å². The first-order valence-electron chi connectivity index (χ1n) is 5.43. The summed E-state index contributed by atoms with van der Waals surface area (Å²) < 4.78 is 0. The minimum absolute atomic E-state index is 0.0814. The Balaban J connectivity index is 2.88. The van der Waals surface area contributed by atoms with Gasteiger partial charge in [0.1, 0.15) is 17.2 Å². The smallest absolute Gasteiger partial charge is 0.305 e. The van der Waals surface area contributed by atoms with E-state index in [0.717, 1.165) is 17.4 Å². The molecule has 0 saturated carbocycles. The third kappa shape index (κ3) is 3.89. The number of nitrogens with zero attached hydrogens (tertiary/aromatic N) is 3. The van der Waals surface area contributed by atoms with E-state index >= 15 is 0 Å². The quantitative estimate of drug-likeness (QED) is 0.618. The molecule has 1 atom stereocenters. The average Bonchev–Trinajstić information content (AvgIpc) is 2.29. The highest BCUT2D eigenvalue weighted by Gasteiger charge is 2.17. The van der Waals surface area contributed by atoms with E-state index in [-0.39, 0.29) is 12.5 Å². The van der Waals surface area contributed by atoms with Gasteiger partial charge < -0.3 is 10.0 Å². The van der Waals surface area contributed by atoms with E-state index in [9.17, 15) is 4.79 Å². The first-order chi connectivity index (χ1) is 8.08. The monoisotopic (exact) mass is 255 g/mol. The highest BCUT2D eigenvalue weighted by molar-refractivity contribution is 7.98. The van der Waals surface area contributed by atoms with Gasteiger partial charge in [-0.2, -0.15) is 0 Å². The highest BCUT2D eigenvalue weighted by Crippen LogP contribution is 2.19. The fraction of sp³-hybridized carbons (Fsp3) is 0.545. The molecule has 0 radical (unpaired) electrons. The number of carbonyl (C=O) groups is 1. The molecule has 1 rings (SSSR count). The molecule has 1 aromatic rings. The first-order valence-corrected chi connectivity index (χ1v) is 6.65. The van der Waals surface area contributed by atoms with Gasteiger partial charge in [-0.3, -0.25) is 4.79 Å². The van der Waals surface area contributed by atoms with Gasteiger partial charge in [0.15, 0.2) is 0 Å². The Morgan fingerprint density at radius 3 is 2.82 bits per heavy atom. The Labute approximate surface area is 105 Å². The van der Waals surface area contributed by atoms with Crippen molar-refractivity contribution in [3.63, 3.8) is 0 Å². The van der Waals surface area contributed by atoms with Gasteiger partial charge in [-0.1, -0.05) is 0 Å². The zero-order valence-corrected chi connectivity index (χ0v) is 11.1. The summed E-state index contributed by atoms with van der Waals surface area (Å²) in [6.07, 6.45) is 3.56. The lowest BCUT2D eigenvalue weighted by Gasteiger charge is -2.28. The summed E-state index contributed by atoms with van der Waals surface area (Å²) in [6, 6.07) is 1.80. The maximum atomic E-state index is 10.7. The number of hydrogen-bond acceptors (Lipinski definition) is 5. The second-order valence-electron chi connectivity index (χ2n) is 3.65. The lowest BCUT2D eigenvalue weighted by Crippen LogP contribution is -2.35. The van der Waals surface area contributed by atoms with Crippen LogP contribution >= 0.6 is 11.8 Å². The normalized spacial score (nSPS) is 12.2. The van der Waals surface area contributed by atoms with Crippen LogP contribution in [0.2, 0.25) is 0 Å². The first kappa shape index (κ1) is 13.8. The Hall–Kier alpha value is -1.30. The van der Waals surface area contributed by atoms with E-state index in [1.807, 2.05) is 31.1 Å². The summed E-state index contributed by atoms with van der Waals surface area (Å²) in [5.41, 5.74) is 0. The summed E-state index contributed by atoms with van der Waals surface area (Å²) in [4.78, 5) is 21.0. The topological polar surface area (TPSA) is 66.3 Å². The van der Waals surface area contributed by atoms with Gasteiger partial charge in [0.2, 0.25) is 0 Å². The van der Waals surface area contributed by atoms with Gasteiger partial charge in [0, 0.05) is 18.7 Å². The van der Waals surface area contributed by atoms with Crippen molar-refractivity contribution in [2.75, 3.05) is 17.7 Å². The van der Waals surface area contributed by atoms with Crippen LogP contribution in [0.5, 0.6) is 0 Å². The van der Waals surface area contributed by atoms with Crippen LogP contribution in [0.4, 0.5) is 5.82 Å². The molecule has 5 nitrogen and oxygen atoms in total. The summed E-state index contributed by atoms with van der Waals surface area (Å²) in [5.74, 6) is -0.0179. The molecule has 0 fully saturated rings. The fourth-order valence-electron chi connectivity index (χ4n) is 1.66. The second-order valence-corrected chi connectivity index (χ2v) is 4.48. The highest BCUT2D eigenvalue weighted by atomic mass is 32.2. The number of anilines is 1. The van der Waals surface area contributed by atoms with Crippen LogP contribution < -0.4 is 4.90 Å². The molecule has 94 valence electrons. The fourth-order valence-corrected chi connectivity index (χ4v) is 2.04. The SMILES string of the molecule is CCN(c1cc(SC)ncn1)C(C)CC(=O)O. The number of carboxylic acids is 1. The van der Waals surface area contributed by atoms with Gasteiger partial charge in [-0.15, -0.1) is 11.8 Å². The number of carboxylic acid groups (broad SMARTS) is 1. The Morgan fingerprint density at radius 1 is 1.59 bits per heavy atom. The minimum Gasteiger partial charge on any atom is -0.481 e. The molecule has 0 bridgehead atoms. The zero-order chi connectivity index (χ0) is 12.8. The average molecular weight is 255 g/mol. The Kier molecular flexibility index (Phi) is 5.21. The predicted molar refractivity (Wildman–Crippen MR) is 68.5 cm³/mol. The van der Waals surface area contributed by atoms with E-state index < -0.39 is 5.97 Å². The molecule has 0 aliphatic carbocycles. The molecule has 1 unspecified atom stereocenters. The van der Waals surface area contributed by atoms with Crippen LogP contribution in [-0.4, -0.2) is 39.9 Å². The van der Waals surface area contributed by atoms with Crippen molar-refractivity contribution >= 4 is 23.5 Å². The zero-order valence-electron chi connectivity index (χ0n) is 10.3. The van der Waals surface area contributed by atoms with E-state index in [2.05, 4.69) is 9.97 Å². The van der Waals surface area contributed by atoms with Crippen molar-refractivity contribution in [3.8, 4) is 0 Å². The van der Waals surface area contributed by atoms with Crippen LogP contribution in [-0.2, 0) is 4.79 Å². The number of rotatable bonds is 6. The number of aromatic nitrogens is 2. The molecule has 0 aliphatic heterocycles. The third-order valence-electron chi connectivity index (χ3n) is 2.47. The summed E-state index contributed by atoms with van der Waals surface area (Å²) >= 11 is 1.54. The molecule has 0 amide bonds. The van der Waals surface area contributed by atoms with Crippen LogP contribution in [0.25, 0.3) is 0 Å². The molecule has 1 N–H and O–H groups in total. The van der Waals surface area contributed by atoms with Gasteiger partial charge in [0.25, 0.3) is 0 Å². The molecular weight excluding hydrogens is 238 g/mol. The molecule has 0 saturated heterocycles. The summed E-state index contributed by atoms with van der Waals surface area (Å²) in [6.45, 7) is 4.59. The molecule has 1 heterocycles. The summed E-state index contributed by atoms with van der Waals surface area (Å²) in [7, 11) is 0. The molecule has 17 heavy (non-hydrogen) atoms. The number of hydrogen-bond donors (Lipinski definition) is 1. The lowest BCUT2D eigenvalue weighted by atomic mass is 10.2. The maximum Gasteiger partial charge on any atom is 0.305 e. The van der Waals surface area contributed by atoms with Crippen LogP contribution in [0.15, 0.2) is 17.4 Å². The van der Waals surface area contributed by atoms with Gasteiger partial charge in [-0.25, -0.2) is 9.97 Å². The molecule has 1 aromatic heterocycles. The molecular formula is C11H17N3O2S. The van der Waals surface area contributed by atoms with Crippen molar-refractivity contribution in [2.45, 2.75) is 31.3 Å². The molecule has 0 spiro atoms. The van der Waals surface area contributed by atoms with Crippen LogP contribution in [0, 0.1) is 0 Å². The van der Waals surface area contributed by atoms with Gasteiger partial charge >= 0.3 is 5.97 Å². The third-order valence-corrected chi connectivity index (χ3v) is 3.12. The second kappa shape index (κ2) is 6.44. The molecule has 0 aliphatic rings. The number of thioether (sulfide) groups is 1. The van der Waals surface area contributed by atoms with E-state index in [4.69, 9.17) is 5.11 Å². The van der Waals surface area contributed by atoms with E-state index in [1.165, 1.54) is 6.33 Å². The maximum absolute atomic E-state index is 10.7. The van der Waals surface area contributed by atoms with Crippen LogP contribution in [0.3, 0.4) is 0 Å². The molecule has 6 heteroatoms. The standard InChI is InChI=1S/C11H17N3O2S/c1-4-14(8(2)5-11(15)16)9-6-10(17-3)13-7-12-9/h6-8H,4-5H2,1-3H3,(H,15,16). The van der Waals surface area contributed by atoms with E-state index in [1.54, 1.807) is 11.8 Å². The predicted octanol–water partition coefficient (Wildman–Crippen LogP) is 1.89. The lowest BCUT2D eigenvalue weighted by molar-refractivity contribution is -0.137. The van der Waals surface area contributed by atoms with Crippen molar-refractivity contribution in [3.05, 3.63) is 12.4 Å². The van der Waals surface area contributed by atoms with Gasteiger partial charge in [0.05, 0.1) is 6.42 Å². The van der Waals surface area contributed by atoms with Crippen molar-refractivity contribution in [1.82, 2.24) is 9.97 Å². The Morgan fingerprint density at radius 2 is 2.29 bits per heavy atom. The Bertz CT molecular complexity index is 387. The number of aliphatic carboxylic acids is 1. The summed E-state index contributed by atoms with van der Waals surface area (Å²) in [5, 5.41) is 9.70.